The molecule has 0 bridgehead atoms. The zero-order chi connectivity index (χ0) is 26.1. The van der Waals surface area contributed by atoms with Gasteiger partial charge in [-0.05, 0) is 36.0 Å². The van der Waals surface area contributed by atoms with Crippen LogP contribution in [0.2, 0.25) is 0 Å². The molecule has 0 amide bonds. The molecule has 1 heterocycles. The van der Waals surface area contributed by atoms with E-state index >= 15 is 0 Å². The highest BCUT2D eigenvalue weighted by atomic mass is 16.6. The zero-order valence-corrected chi connectivity index (χ0v) is 20.9. The number of H-pyrrole nitrogens is 1. The molecule has 7 heteroatoms. The van der Waals surface area contributed by atoms with Crippen LogP contribution >= 0.6 is 0 Å². The van der Waals surface area contributed by atoms with Gasteiger partial charge in [-0.2, -0.15) is 0 Å². The Kier molecular flexibility index (Phi) is 8.85. The molecule has 2 atom stereocenters. The van der Waals surface area contributed by atoms with Gasteiger partial charge in [0.2, 0.25) is 0 Å². The first-order valence-corrected chi connectivity index (χ1v) is 12.5. The fourth-order valence-electron chi connectivity index (χ4n) is 4.63. The van der Waals surface area contributed by atoms with Gasteiger partial charge in [0, 0.05) is 25.4 Å². The summed E-state index contributed by atoms with van der Waals surface area (Å²) < 4.78 is 7.08. The van der Waals surface area contributed by atoms with Crippen molar-refractivity contribution in [3.05, 3.63) is 141 Å². The molecule has 192 valence electrons. The summed E-state index contributed by atoms with van der Waals surface area (Å²) in [6.07, 6.45) is 1.20. The van der Waals surface area contributed by atoms with Crippen molar-refractivity contribution in [2.24, 2.45) is 5.92 Å². The Labute approximate surface area is 216 Å². The quantitative estimate of drug-likeness (QED) is 0.205. The SMILES string of the molecule is CC(O)OCC(CCn1ccc(=O)[nH]c1=O)CNC(c1ccccc1)(c1ccccc1)c1ccccc1. The van der Waals surface area contributed by atoms with Crippen LogP contribution in [0.3, 0.4) is 0 Å². The van der Waals surface area contributed by atoms with Crippen LogP contribution in [-0.2, 0) is 16.8 Å². The van der Waals surface area contributed by atoms with Crippen molar-refractivity contribution in [3.8, 4) is 0 Å². The second-order valence-electron chi connectivity index (χ2n) is 9.12. The Morgan fingerprint density at radius 1 is 0.865 bits per heavy atom. The summed E-state index contributed by atoms with van der Waals surface area (Å²) in [5, 5.41) is 13.6. The van der Waals surface area contributed by atoms with Gasteiger partial charge in [-0.1, -0.05) is 91.0 Å². The number of aryl methyl sites for hydroxylation is 1. The number of nitrogens with zero attached hydrogens (tertiary/aromatic N) is 1. The van der Waals surface area contributed by atoms with Gasteiger partial charge in [-0.25, -0.2) is 4.79 Å². The lowest BCUT2D eigenvalue weighted by molar-refractivity contribution is -0.0971. The Morgan fingerprint density at radius 2 is 1.38 bits per heavy atom. The fourth-order valence-corrected chi connectivity index (χ4v) is 4.63. The van der Waals surface area contributed by atoms with E-state index in [-0.39, 0.29) is 5.92 Å². The number of aromatic amines is 1. The number of hydrogen-bond donors (Lipinski definition) is 3. The van der Waals surface area contributed by atoms with Gasteiger partial charge in [0.05, 0.1) is 12.1 Å². The molecule has 7 nitrogen and oxygen atoms in total. The van der Waals surface area contributed by atoms with Crippen LogP contribution in [0.4, 0.5) is 0 Å². The van der Waals surface area contributed by atoms with Crippen LogP contribution in [-0.4, -0.2) is 34.1 Å². The molecule has 3 N–H and O–H groups in total. The molecule has 0 saturated carbocycles. The van der Waals surface area contributed by atoms with Crippen molar-refractivity contribution in [2.45, 2.75) is 31.7 Å². The number of benzene rings is 3. The summed E-state index contributed by atoms with van der Waals surface area (Å²) in [6, 6.07) is 32.3. The van der Waals surface area contributed by atoms with Crippen LogP contribution in [0, 0.1) is 5.92 Å². The van der Waals surface area contributed by atoms with E-state index in [1.807, 2.05) is 54.6 Å². The molecule has 1 aromatic heterocycles. The van der Waals surface area contributed by atoms with E-state index in [1.54, 1.807) is 6.92 Å². The largest absolute Gasteiger partial charge is 0.368 e. The first-order chi connectivity index (χ1) is 18.0. The second-order valence-corrected chi connectivity index (χ2v) is 9.12. The average Bonchev–Trinajstić information content (AvgIpc) is 2.92. The smallest absolute Gasteiger partial charge is 0.328 e. The van der Waals surface area contributed by atoms with E-state index in [1.165, 1.54) is 16.8 Å². The van der Waals surface area contributed by atoms with Gasteiger partial charge in [0.25, 0.3) is 5.56 Å². The minimum atomic E-state index is -0.902. The van der Waals surface area contributed by atoms with Crippen LogP contribution in [0.25, 0.3) is 0 Å². The van der Waals surface area contributed by atoms with Crippen LogP contribution in [0.1, 0.15) is 30.0 Å². The third-order valence-electron chi connectivity index (χ3n) is 6.52. The molecular formula is C30H33N3O4. The van der Waals surface area contributed by atoms with Crippen LogP contribution in [0.15, 0.2) is 113 Å². The van der Waals surface area contributed by atoms with Crippen molar-refractivity contribution in [1.29, 1.82) is 0 Å². The van der Waals surface area contributed by atoms with E-state index in [2.05, 4.69) is 46.7 Å². The predicted molar refractivity (Wildman–Crippen MR) is 144 cm³/mol. The number of rotatable bonds is 12. The molecule has 2 unspecified atom stereocenters. The topological polar surface area (TPSA) is 96.3 Å². The Morgan fingerprint density at radius 3 is 1.84 bits per heavy atom. The highest BCUT2D eigenvalue weighted by molar-refractivity contribution is 5.49. The third kappa shape index (κ3) is 6.51. The average molecular weight is 500 g/mol. The number of ether oxygens (including phenoxy) is 1. The van der Waals surface area contributed by atoms with Crippen molar-refractivity contribution >= 4 is 0 Å². The van der Waals surface area contributed by atoms with E-state index < -0.39 is 23.1 Å². The Hall–Kier alpha value is -3.78. The standard InChI is InChI=1S/C30H33N3O4/c1-23(34)37-22-24(17-19-33-20-18-28(35)32-29(33)36)21-31-30(25-11-5-2-6-12-25,26-13-7-3-8-14-26)27-15-9-4-10-16-27/h2-16,18,20,23-24,31,34H,17,19,21-22H2,1H3,(H,32,35,36). The summed E-state index contributed by atoms with van der Waals surface area (Å²) >= 11 is 0. The highest BCUT2D eigenvalue weighted by Crippen LogP contribution is 2.37. The molecule has 4 aromatic rings. The van der Waals surface area contributed by atoms with Gasteiger partial charge in [0.1, 0.15) is 0 Å². The minimum Gasteiger partial charge on any atom is -0.368 e. The number of aliphatic hydroxyl groups is 1. The van der Waals surface area contributed by atoms with E-state index in [4.69, 9.17) is 4.74 Å². The molecule has 0 radical (unpaired) electrons. The summed E-state index contributed by atoms with van der Waals surface area (Å²) in [7, 11) is 0. The molecule has 4 rings (SSSR count). The van der Waals surface area contributed by atoms with Crippen LogP contribution in [0.5, 0.6) is 0 Å². The molecule has 0 aliphatic carbocycles. The summed E-state index contributed by atoms with van der Waals surface area (Å²) in [5.74, 6) is -0.0380. The molecule has 3 aromatic carbocycles. The maximum atomic E-state index is 12.2. The van der Waals surface area contributed by atoms with E-state index in [0.717, 1.165) is 16.7 Å². The first-order valence-electron chi connectivity index (χ1n) is 12.5. The van der Waals surface area contributed by atoms with Crippen molar-refractivity contribution in [2.75, 3.05) is 13.2 Å². The van der Waals surface area contributed by atoms with Crippen molar-refractivity contribution in [3.63, 3.8) is 0 Å². The molecule has 0 fully saturated rings. The summed E-state index contributed by atoms with van der Waals surface area (Å²) in [5.41, 5.74) is 1.79. The maximum absolute atomic E-state index is 12.2. The molecule has 37 heavy (non-hydrogen) atoms. The number of hydrogen-bond acceptors (Lipinski definition) is 5. The summed E-state index contributed by atoms with van der Waals surface area (Å²) in [4.78, 5) is 26.0. The predicted octanol–water partition coefficient (Wildman–Crippen LogP) is 3.48. The van der Waals surface area contributed by atoms with Gasteiger partial charge in [0.15, 0.2) is 6.29 Å². The zero-order valence-electron chi connectivity index (χ0n) is 20.9. The van der Waals surface area contributed by atoms with E-state index in [0.29, 0.717) is 26.1 Å². The number of aromatic nitrogens is 2. The van der Waals surface area contributed by atoms with Gasteiger partial charge >= 0.3 is 5.69 Å². The molecule has 0 aliphatic heterocycles. The maximum Gasteiger partial charge on any atom is 0.328 e. The third-order valence-corrected chi connectivity index (χ3v) is 6.52. The molecular weight excluding hydrogens is 466 g/mol. The van der Waals surface area contributed by atoms with Gasteiger partial charge < -0.3 is 14.4 Å². The molecule has 0 saturated heterocycles. The van der Waals surface area contributed by atoms with E-state index in [9.17, 15) is 14.7 Å². The van der Waals surface area contributed by atoms with Crippen LogP contribution < -0.4 is 16.6 Å². The second kappa shape index (κ2) is 12.5. The van der Waals surface area contributed by atoms with Crippen molar-refractivity contribution < 1.29 is 9.84 Å². The highest BCUT2D eigenvalue weighted by Gasteiger charge is 2.36. The lowest BCUT2D eigenvalue weighted by Crippen LogP contribution is -2.47. The monoisotopic (exact) mass is 499 g/mol. The molecule has 0 spiro atoms. The normalized spacial score (nSPS) is 13.2. The molecule has 0 aliphatic rings. The lowest BCUT2D eigenvalue weighted by Gasteiger charge is -2.38. The fraction of sp³-hybridized carbons (Fsp3) is 0.267. The van der Waals surface area contributed by atoms with Crippen molar-refractivity contribution in [1.82, 2.24) is 14.9 Å². The number of nitrogens with one attached hydrogen (secondary N) is 2. The first kappa shape index (κ1) is 26.3. The van der Waals surface area contributed by atoms with Gasteiger partial charge in [-0.3, -0.25) is 15.1 Å². The van der Waals surface area contributed by atoms with Gasteiger partial charge in [-0.15, -0.1) is 0 Å². The lowest BCUT2D eigenvalue weighted by atomic mass is 9.76. The minimum absolute atomic E-state index is 0.0380. The summed E-state index contributed by atoms with van der Waals surface area (Å²) in [6.45, 7) is 2.83. The Bertz CT molecular complexity index is 1260. The number of aliphatic hydroxyl groups excluding tert-OH is 1. The Balaban J connectivity index is 1.69.